The molecule has 0 spiro atoms. The number of hydrogen-bond acceptors (Lipinski definition) is 3. The van der Waals surface area contributed by atoms with Crippen LogP contribution < -0.4 is 5.32 Å². The standard InChI is InChI=1S/C13H15BrN2S/c1-2-7-15-9-10-8-13(16-17-10)11-5-3-4-6-12(11)14/h3-6,8,15H,2,7,9H2,1H3. The maximum absolute atomic E-state index is 4.50. The van der Waals surface area contributed by atoms with E-state index in [-0.39, 0.29) is 0 Å². The maximum Gasteiger partial charge on any atom is 0.0855 e. The Labute approximate surface area is 114 Å². The molecule has 0 aliphatic rings. The van der Waals surface area contributed by atoms with E-state index in [1.165, 1.54) is 4.88 Å². The van der Waals surface area contributed by atoms with Gasteiger partial charge in [0, 0.05) is 21.5 Å². The molecule has 1 heterocycles. The van der Waals surface area contributed by atoms with Gasteiger partial charge in [-0.25, -0.2) is 0 Å². The van der Waals surface area contributed by atoms with Crippen LogP contribution >= 0.6 is 27.5 Å². The second-order valence-electron chi connectivity index (χ2n) is 3.84. The lowest BCUT2D eigenvalue weighted by Crippen LogP contribution is -2.12. The average Bonchev–Trinajstić information content (AvgIpc) is 2.79. The fourth-order valence-electron chi connectivity index (χ4n) is 1.58. The van der Waals surface area contributed by atoms with Crippen molar-refractivity contribution in [3.05, 3.63) is 39.7 Å². The van der Waals surface area contributed by atoms with Crippen LogP contribution in [0.4, 0.5) is 0 Å². The second-order valence-corrected chi connectivity index (χ2v) is 5.58. The monoisotopic (exact) mass is 310 g/mol. The van der Waals surface area contributed by atoms with Crippen LogP contribution in [0.1, 0.15) is 18.2 Å². The highest BCUT2D eigenvalue weighted by Gasteiger charge is 2.06. The Morgan fingerprint density at radius 1 is 1.35 bits per heavy atom. The average molecular weight is 311 g/mol. The summed E-state index contributed by atoms with van der Waals surface area (Å²) in [6.07, 6.45) is 1.16. The van der Waals surface area contributed by atoms with Crippen LogP contribution in [0.15, 0.2) is 34.8 Å². The molecule has 90 valence electrons. The minimum atomic E-state index is 0.913. The zero-order valence-corrected chi connectivity index (χ0v) is 12.1. The van der Waals surface area contributed by atoms with E-state index in [0.29, 0.717) is 0 Å². The Morgan fingerprint density at radius 2 is 2.18 bits per heavy atom. The van der Waals surface area contributed by atoms with Gasteiger partial charge < -0.3 is 5.32 Å². The maximum atomic E-state index is 4.50. The lowest BCUT2D eigenvalue weighted by atomic mass is 10.1. The van der Waals surface area contributed by atoms with Gasteiger partial charge in [0.1, 0.15) is 0 Å². The molecule has 0 amide bonds. The molecule has 2 rings (SSSR count). The summed E-state index contributed by atoms with van der Waals surface area (Å²) < 4.78 is 5.59. The van der Waals surface area contributed by atoms with Crippen LogP contribution in [0.5, 0.6) is 0 Å². The van der Waals surface area contributed by atoms with Gasteiger partial charge >= 0.3 is 0 Å². The Hall–Kier alpha value is -0.710. The summed E-state index contributed by atoms with van der Waals surface area (Å²) in [5, 5.41) is 3.39. The van der Waals surface area contributed by atoms with Crippen molar-refractivity contribution in [3.8, 4) is 11.3 Å². The summed E-state index contributed by atoms with van der Waals surface area (Å²) in [5.41, 5.74) is 2.21. The van der Waals surface area contributed by atoms with Crippen molar-refractivity contribution in [2.45, 2.75) is 19.9 Å². The zero-order valence-electron chi connectivity index (χ0n) is 9.74. The SMILES string of the molecule is CCCNCc1cc(-c2ccccc2Br)ns1. The molecule has 2 aromatic rings. The predicted molar refractivity (Wildman–Crippen MR) is 77.2 cm³/mol. The van der Waals surface area contributed by atoms with Crippen LogP contribution in [0.3, 0.4) is 0 Å². The van der Waals surface area contributed by atoms with Crippen LogP contribution in [0.25, 0.3) is 11.3 Å². The van der Waals surface area contributed by atoms with Gasteiger partial charge in [-0.2, -0.15) is 4.37 Å². The van der Waals surface area contributed by atoms with Gasteiger partial charge in [0.2, 0.25) is 0 Å². The van der Waals surface area contributed by atoms with Crippen LogP contribution in [0, 0.1) is 0 Å². The van der Waals surface area contributed by atoms with Crippen LogP contribution in [0.2, 0.25) is 0 Å². The molecule has 17 heavy (non-hydrogen) atoms. The van der Waals surface area contributed by atoms with Crippen molar-refractivity contribution in [1.82, 2.24) is 9.69 Å². The summed E-state index contributed by atoms with van der Waals surface area (Å²) in [6.45, 7) is 4.14. The number of nitrogens with zero attached hydrogens (tertiary/aromatic N) is 1. The minimum absolute atomic E-state index is 0.913. The quantitative estimate of drug-likeness (QED) is 0.842. The smallest absolute Gasteiger partial charge is 0.0855 e. The first-order valence-electron chi connectivity index (χ1n) is 5.72. The first-order chi connectivity index (χ1) is 8.31. The Balaban J connectivity index is 2.10. The van der Waals surface area contributed by atoms with E-state index in [1.54, 1.807) is 11.5 Å². The number of hydrogen-bond donors (Lipinski definition) is 1. The van der Waals surface area contributed by atoms with Gasteiger partial charge in [-0.05, 0) is 36.6 Å². The number of benzene rings is 1. The van der Waals surface area contributed by atoms with E-state index in [1.807, 2.05) is 18.2 Å². The largest absolute Gasteiger partial charge is 0.312 e. The van der Waals surface area contributed by atoms with E-state index in [4.69, 9.17) is 0 Å². The van der Waals surface area contributed by atoms with Gasteiger partial charge in [0.25, 0.3) is 0 Å². The number of rotatable bonds is 5. The molecular weight excluding hydrogens is 296 g/mol. The van der Waals surface area contributed by atoms with E-state index >= 15 is 0 Å². The van der Waals surface area contributed by atoms with Crippen molar-refractivity contribution >= 4 is 27.5 Å². The molecule has 0 unspecified atom stereocenters. The molecule has 0 saturated carbocycles. The first-order valence-corrected chi connectivity index (χ1v) is 7.29. The predicted octanol–water partition coefficient (Wildman–Crippen LogP) is 4.07. The molecule has 0 aliphatic heterocycles. The van der Waals surface area contributed by atoms with Gasteiger partial charge in [-0.3, -0.25) is 0 Å². The summed E-state index contributed by atoms with van der Waals surface area (Å²) >= 11 is 5.13. The molecule has 1 aromatic carbocycles. The van der Waals surface area contributed by atoms with E-state index in [0.717, 1.165) is 35.2 Å². The third-order valence-corrected chi connectivity index (χ3v) is 3.91. The molecule has 0 radical (unpaired) electrons. The fourth-order valence-corrected chi connectivity index (χ4v) is 2.77. The van der Waals surface area contributed by atoms with Gasteiger partial charge in [-0.1, -0.05) is 41.1 Å². The molecule has 0 aliphatic carbocycles. The highest BCUT2D eigenvalue weighted by Crippen LogP contribution is 2.28. The molecule has 1 N–H and O–H groups in total. The third-order valence-electron chi connectivity index (χ3n) is 2.43. The molecule has 2 nitrogen and oxygen atoms in total. The Kier molecular flexibility index (Phi) is 4.71. The van der Waals surface area contributed by atoms with E-state index < -0.39 is 0 Å². The molecule has 4 heteroatoms. The number of nitrogens with one attached hydrogen (secondary N) is 1. The molecule has 0 atom stereocenters. The van der Waals surface area contributed by atoms with Crippen molar-refractivity contribution in [2.24, 2.45) is 0 Å². The summed E-state index contributed by atoms with van der Waals surface area (Å²) in [7, 11) is 0. The van der Waals surface area contributed by atoms with Crippen LogP contribution in [-0.2, 0) is 6.54 Å². The second kappa shape index (κ2) is 6.28. The van der Waals surface area contributed by atoms with Gasteiger partial charge in [0.05, 0.1) is 5.69 Å². The highest BCUT2D eigenvalue weighted by atomic mass is 79.9. The van der Waals surface area contributed by atoms with E-state index in [9.17, 15) is 0 Å². The van der Waals surface area contributed by atoms with Crippen molar-refractivity contribution in [3.63, 3.8) is 0 Å². The molecule has 0 bridgehead atoms. The topological polar surface area (TPSA) is 24.9 Å². The molecule has 1 aromatic heterocycles. The van der Waals surface area contributed by atoms with Crippen molar-refractivity contribution in [2.75, 3.05) is 6.54 Å². The zero-order chi connectivity index (χ0) is 12.1. The molecule has 0 saturated heterocycles. The molecular formula is C13H15BrN2S. The lowest BCUT2D eigenvalue weighted by molar-refractivity contribution is 0.681. The molecule has 0 fully saturated rings. The van der Waals surface area contributed by atoms with Crippen molar-refractivity contribution in [1.29, 1.82) is 0 Å². The first kappa shape index (κ1) is 12.7. The summed E-state index contributed by atoms with van der Waals surface area (Å²) in [4.78, 5) is 1.28. The van der Waals surface area contributed by atoms with Crippen molar-refractivity contribution < 1.29 is 0 Å². The Bertz CT molecular complexity index is 482. The van der Waals surface area contributed by atoms with E-state index in [2.05, 4.69) is 44.7 Å². The Morgan fingerprint density at radius 3 is 2.94 bits per heavy atom. The van der Waals surface area contributed by atoms with Gasteiger partial charge in [0.15, 0.2) is 0 Å². The fraction of sp³-hybridized carbons (Fsp3) is 0.308. The van der Waals surface area contributed by atoms with Crippen LogP contribution in [-0.4, -0.2) is 10.9 Å². The third kappa shape index (κ3) is 3.37. The normalized spacial score (nSPS) is 10.7. The minimum Gasteiger partial charge on any atom is -0.312 e. The lowest BCUT2D eigenvalue weighted by Gasteiger charge is -1.99. The van der Waals surface area contributed by atoms with Gasteiger partial charge in [-0.15, -0.1) is 0 Å². The number of aromatic nitrogens is 1. The highest BCUT2D eigenvalue weighted by molar-refractivity contribution is 9.10. The number of halogens is 1. The summed E-state index contributed by atoms with van der Waals surface area (Å²) in [6, 6.07) is 10.3. The summed E-state index contributed by atoms with van der Waals surface area (Å²) in [5.74, 6) is 0.